The van der Waals surface area contributed by atoms with E-state index in [0.717, 1.165) is 33.3 Å². The molecule has 1 atom stereocenters. The Morgan fingerprint density at radius 2 is 1.89 bits per heavy atom. The summed E-state index contributed by atoms with van der Waals surface area (Å²) in [5.41, 5.74) is 3.31. The van der Waals surface area contributed by atoms with Crippen molar-refractivity contribution in [1.82, 2.24) is 10.3 Å². The first-order valence-electron chi connectivity index (χ1n) is 11.5. The third-order valence-electron chi connectivity index (χ3n) is 5.85. The average molecular weight is 491 g/mol. The molecule has 3 heterocycles. The molecular formula is C26H26N4O4S. The molecule has 8 nitrogen and oxygen atoms in total. The first kappa shape index (κ1) is 23.0. The van der Waals surface area contributed by atoms with E-state index < -0.39 is 0 Å². The molecule has 0 saturated carbocycles. The van der Waals surface area contributed by atoms with Crippen LogP contribution in [-0.2, 0) is 11.2 Å². The second-order valence-corrected chi connectivity index (χ2v) is 9.41. The van der Waals surface area contributed by atoms with Crippen molar-refractivity contribution in [3.05, 3.63) is 71.9 Å². The average Bonchev–Trinajstić information content (AvgIpc) is 2.89. The normalized spacial score (nSPS) is 15.1. The highest BCUT2D eigenvalue weighted by Crippen LogP contribution is 2.33. The van der Waals surface area contributed by atoms with Gasteiger partial charge in [0.25, 0.3) is 0 Å². The van der Waals surface area contributed by atoms with Gasteiger partial charge in [-0.1, -0.05) is 18.2 Å². The number of thioether (sulfide) groups is 1. The molecule has 9 heteroatoms. The van der Waals surface area contributed by atoms with Crippen LogP contribution in [-0.4, -0.2) is 42.4 Å². The van der Waals surface area contributed by atoms with Gasteiger partial charge < -0.3 is 20.1 Å². The van der Waals surface area contributed by atoms with E-state index in [2.05, 4.69) is 15.6 Å². The van der Waals surface area contributed by atoms with Gasteiger partial charge in [0.05, 0.1) is 18.2 Å². The Labute approximate surface area is 208 Å². The lowest BCUT2D eigenvalue weighted by molar-refractivity contribution is -0.121. The number of hydrogen-bond donors (Lipinski definition) is 2. The number of nitrogens with one attached hydrogen (secondary N) is 2. The number of ether oxygens (including phenoxy) is 2. The van der Waals surface area contributed by atoms with Crippen LogP contribution in [0.3, 0.4) is 0 Å². The number of rotatable bonds is 5. The third kappa shape index (κ3) is 5.35. The van der Waals surface area contributed by atoms with Crippen molar-refractivity contribution < 1.29 is 19.1 Å². The Kier molecular flexibility index (Phi) is 6.76. The van der Waals surface area contributed by atoms with Gasteiger partial charge in [-0.2, -0.15) is 0 Å². The van der Waals surface area contributed by atoms with Crippen molar-refractivity contribution in [2.75, 3.05) is 35.7 Å². The molecule has 2 aromatic carbocycles. The molecule has 3 amide bonds. The number of pyridine rings is 1. The predicted molar refractivity (Wildman–Crippen MR) is 135 cm³/mol. The molecule has 3 aromatic rings. The lowest BCUT2D eigenvalue weighted by atomic mass is 10.1. The summed E-state index contributed by atoms with van der Waals surface area (Å²) in [5.74, 6) is 2.15. The maximum atomic E-state index is 12.8. The van der Waals surface area contributed by atoms with E-state index in [1.807, 2.05) is 61.5 Å². The minimum Gasteiger partial charge on any atom is -0.486 e. The monoisotopic (exact) mass is 490 g/mol. The van der Waals surface area contributed by atoms with E-state index in [1.165, 1.54) is 0 Å². The van der Waals surface area contributed by atoms with Gasteiger partial charge in [-0.25, -0.2) is 9.78 Å². The number of carbonyl (C=O) groups is 2. The SMILES string of the molecule is C[C@@H](NC(=O)Cc1ccc(NC(=O)N2CCSc3ncccc32)cc1)c1ccc2c(c1)OCCO2. The van der Waals surface area contributed by atoms with E-state index in [4.69, 9.17) is 9.47 Å². The number of fused-ring (bicyclic) bond motifs is 2. The first-order valence-corrected chi connectivity index (χ1v) is 12.5. The molecule has 2 aliphatic rings. The molecule has 35 heavy (non-hydrogen) atoms. The van der Waals surface area contributed by atoms with Crippen molar-refractivity contribution in [3.63, 3.8) is 0 Å². The Balaban J connectivity index is 1.16. The third-order valence-corrected chi connectivity index (χ3v) is 6.83. The predicted octanol–water partition coefficient (Wildman–Crippen LogP) is 4.42. The molecule has 180 valence electrons. The lowest BCUT2D eigenvalue weighted by Gasteiger charge is -2.28. The summed E-state index contributed by atoms with van der Waals surface area (Å²) in [4.78, 5) is 31.5. The van der Waals surface area contributed by atoms with Crippen LogP contribution in [0.4, 0.5) is 16.2 Å². The number of amides is 3. The molecular weight excluding hydrogens is 464 g/mol. The fourth-order valence-electron chi connectivity index (χ4n) is 4.05. The highest BCUT2D eigenvalue weighted by atomic mass is 32.2. The van der Waals surface area contributed by atoms with E-state index in [0.29, 0.717) is 31.2 Å². The van der Waals surface area contributed by atoms with E-state index >= 15 is 0 Å². The Morgan fingerprint density at radius 3 is 2.71 bits per heavy atom. The summed E-state index contributed by atoms with van der Waals surface area (Å²) < 4.78 is 11.2. The number of carbonyl (C=O) groups excluding carboxylic acids is 2. The van der Waals surface area contributed by atoms with Crippen LogP contribution in [0.25, 0.3) is 0 Å². The van der Waals surface area contributed by atoms with Gasteiger partial charge in [0, 0.05) is 24.2 Å². The van der Waals surface area contributed by atoms with Crippen LogP contribution in [0.1, 0.15) is 24.1 Å². The van der Waals surface area contributed by atoms with Crippen molar-refractivity contribution in [1.29, 1.82) is 0 Å². The molecule has 1 aromatic heterocycles. The topological polar surface area (TPSA) is 92.8 Å². The second kappa shape index (κ2) is 10.3. The van der Waals surface area contributed by atoms with Crippen molar-refractivity contribution >= 4 is 35.1 Å². The van der Waals surface area contributed by atoms with E-state index in [9.17, 15) is 9.59 Å². The zero-order chi connectivity index (χ0) is 24.2. The maximum Gasteiger partial charge on any atom is 0.326 e. The fourth-order valence-corrected chi connectivity index (χ4v) is 4.98. The van der Waals surface area contributed by atoms with Crippen LogP contribution < -0.4 is 25.0 Å². The summed E-state index contributed by atoms with van der Waals surface area (Å²) in [6.45, 7) is 3.63. The number of nitrogens with zero attached hydrogens (tertiary/aromatic N) is 2. The van der Waals surface area contributed by atoms with Gasteiger partial charge in [-0.15, -0.1) is 11.8 Å². The van der Waals surface area contributed by atoms with Gasteiger partial charge in [-0.3, -0.25) is 9.69 Å². The van der Waals surface area contributed by atoms with Crippen molar-refractivity contribution in [2.45, 2.75) is 24.4 Å². The van der Waals surface area contributed by atoms with Gasteiger partial charge in [-0.05, 0) is 54.4 Å². The minimum atomic E-state index is -0.196. The lowest BCUT2D eigenvalue weighted by Crippen LogP contribution is -2.38. The smallest absolute Gasteiger partial charge is 0.326 e. The number of urea groups is 1. The van der Waals surface area contributed by atoms with E-state index in [1.54, 1.807) is 22.9 Å². The largest absolute Gasteiger partial charge is 0.486 e. The number of hydrogen-bond acceptors (Lipinski definition) is 6. The van der Waals surface area contributed by atoms with Crippen molar-refractivity contribution in [2.24, 2.45) is 0 Å². The molecule has 0 aliphatic carbocycles. The summed E-state index contributed by atoms with van der Waals surface area (Å²) >= 11 is 1.65. The molecule has 2 aliphatic heterocycles. The highest BCUT2D eigenvalue weighted by Gasteiger charge is 2.23. The van der Waals surface area contributed by atoms with Crippen LogP contribution in [0.2, 0.25) is 0 Å². The Bertz CT molecular complexity index is 1230. The molecule has 0 saturated heterocycles. The quantitative estimate of drug-likeness (QED) is 0.550. The van der Waals surface area contributed by atoms with Crippen LogP contribution in [0, 0.1) is 0 Å². The van der Waals surface area contributed by atoms with E-state index in [-0.39, 0.29) is 24.4 Å². The maximum absolute atomic E-state index is 12.8. The summed E-state index contributed by atoms with van der Waals surface area (Å²) in [6, 6.07) is 16.4. The molecule has 0 spiro atoms. The first-order chi connectivity index (χ1) is 17.1. The number of anilines is 2. The Hall–Kier alpha value is -3.72. The minimum absolute atomic E-state index is 0.0842. The van der Waals surface area contributed by atoms with Gasteiger partial charge in [0.2, 0.25) is 5.91 Å². The van der Waals surface area contributed by atoms with Gasteiger partial charge >= 0.3 is 6.03 Å². The fraction of sp³-hybridized carbons (Fsp3) is 0.269. The Morgan fingerprint density at radius 1 is 1.09 bits per heavy atom. The van der Waals surface area contributed by atoms with Crippen LogP contribution >= 0.6 is 11.8 Å². The summed E-state index contributed by atoms with van der Waals surface area (Å²) in [6.07, 6.45) is 1.98. The molecule has 0 unspecified atom stereocenters. The molecule has 2 N–H and O–H groups in total. The summed E-state index contributed by atoms with van der Waals surface area (Å²) in [5, 5.41) is 6.83. The van der Waals surface area contributed by atoms with Crippen molar-refractivity contribution in [3.8, 4) is 11.5 Å². The molecule has 0 radical (unpaired) electrons. The van der Waals surface area contributed by atoms with Gasteiger partial charge in [0.1, 0.15) is 18.2 Å². The zero-order valence-electron chi connectivity index (χ0n) is 19.3. The van der Waals surface area contributed by atoms with Crippen LogP contribution in [0.15, 0.2) is 65.8 Å². The number of aromatic nitrogens is 1. The highest BCUT2D eigenvalue weighted by molar-refractivity contribution is 7.99. The second-order valence-electron chi connectivity index (χ2n) is 8.32. The number of benzene rings is 2. The molecule has 5 rings (SSSR count). The summed E-state index contributed by atoms with van der Waals surface area (Å²) in [7, 11) is 0. The van der Waals surface area contributed by atoms with Crippen LogP contribution in [0.5, 0.6) is 11.5 Å². The van der Waals surface area contributed by atoms with Gasteiger partial charge in [0.15, 0.2) is 11.5 Å². The zero-order valence-corrected chi connectivity index (χ0v) is 20.1. The standard InChI is InChI=1S/C26H26N4O4S/c1-17(19-6-9-22-23(16-19)34-13-12-33-22)28-24(31)15-18-4-7-20(8-5-18)29-26(32)30-11-14-35-25-21(30)3-2-10-27-25/h2-10,16-17H,11-15H2,1H3,(H,28,31)(H,29,32)/t17-/m1/s1. The molecule has 0 bridgehead atoms. The molecule has 0 fully saturated rings.